The molecular formula is C17H37ClO4Si2Zr. The molecule has 1 rings (SSSR count). The maximum absolute atomic E-state index is 9.27. The monoisotopic (exact) mass is 486 g/mol. The first-order chi connectivity index (χ1) is 9.91. The molecule has 0 atom stereocenters. The smallest absolute Gasteiger partial charge is 1.00 e. The van der Waals surface area contributed by atoms with Gasteiger partial charge in [-0.2, -0.15) is 6.08 Å². The third-order valence-electron chi connectivity index (χ3n) is 1.70. The molecule has 0 fully saturated rings. The topological polar surface area (TPSA) is 58.9 Å². The van der Waals surface area contributed by atoms with E-state index >= 15 is 0 Å². The van der Waals surface area contributed by atoms with Crippen molar-refractivity contribution in [2.45, 2.75) is 85.4 Å². The Bertz CT molecular complexity index is 316. The third kappa shape index (κ3) is 40.8. The van der Waals surface area contributed by atoms with Crippen LogP contribution in [0, 0.1) is 6.08 Å². The Labute approximate surface area is 183 Å². The van der Waals surface area contributed by atoms with Crippen molar-refractivity contribution in [3.63, 3.8) is 0 Å². The van der Waals surface area contributed by atoms with Crippen LogP contribution in [-0.2, 0) is 35.1 Å². The molecule has 25 heavy (non-hydrogen) atoms. The average molecular weight is 488 g/mol. The molecule has 0 aromatic rings. The summed E-state index contributed by atoms with van der Waals surface area (Å²) in [7, 11) is -4.59. The third-order valence-corrected chi connectivity index (χ3v) is 3.92. The van der Waals surface area contributed by atoms with E-state index in [1.807, 2.05) is 53.7 Å². The van der Waals surface area contributed by atoms with Crippen molar-refractivity contribution in [1.29, 1.82) is 0 Å². The summed E-state index contributed by atoms with van der Waals surface area (Å²) in [4.78, 5) is 18.5. The fourth-order valence-electron chi connectivity index (χ4n) is 1.84. The molecule has 0 unspecified atom stereocenters. The normalized spacial score (nSPS) is 13.6. The van der Waals surface area contributed by atoms with E-state index in [2.05, 4.69) is 12.2 Å². The van der Waals surface area contributed by atoms with Crippen LogP contribution in [0.5, 0.6) is 0 Å². The zero-order valence-corrected chi connectivity index (χ0v) is 22.7. The van der Waals surface area contributed by atoms with Gasteiger partial charge >= 0.3 is 43.3 Å². The van der Waals surface area contributed by atoms with Gasteiger partial charge in [-0.25, -0.2) is 12.2 Å². The van der Waals surface area contributed by atoms with Gasteiger partial charge in [-0.15, -0.1) is 6.42 Å². The van der Waals surface area contributed by atoms with Gasteiger partial charge in [0.05, 0.1) is 11.2 Å². The van der Waals surface area contributed by atoms with Gasteiger partial charge in [0.25, 0.3) is 0 Å². The van der Waals surface area contributed by atoms with Gasteiger partial charge in [0.15, 0.2) is 0 Å². The molecular weight excluding hydrogens is 451 g/mol. The number of allylic oxidation sites excluding steroid dienone is 4. The van der Waals surface area contributed by atoms with Gasteiger partial charge in [0.2, 0.25) is 0 Å². The van der Waals surface area contributed by atoms with Crippen molar-refractivity contribution in [3.8, 4) is 0 Å². The SMILES string of the molecule is CC(C)(C)O[Si](C)(C)O.CC(C)(C)O[Si](C)(C)O.[C-]1=CC=CC1.[Cl-].[Zr+2]. The van der Waals surface area contributed by atoms with Crippen LogP contribution in [0.2, 0.25) is 26.2 Å². The Morgan fingerprint density at radius 2 is 1.16 bits per heavy atom. The minimum Gasteiger partial charge on any atom is -1.00 e. The molecule has 0 radical (unpaired) electrons. The average Bonchev–Trinajstić information content (AvgIpc) is 2.60. The minimum atomic E-state index is -2.29. The van der Waals surface area contributed by atoms with Gasteiger partial charge in [-0.1, -0.05) is 0 Å². The molecule has 1 aliphatic rings. The summed E-state index contributed by atoms with van der Waals surface area (Å²) >= 11 is 0. The van der Waals surface area contributed by atoms with Crippen molar-refractivity contribution < 1.29 is 57.1 Å². The van der Waals surface area contributed by atoms with Crippen LogP contribution in [0.25, 0.3) is 0 Å². The first-order valence-corrected chi connectivity index (χ1v) is 13.7. The molecule has 0 spiro atoms. The van der Waals surface area contributed by atoms with Gasteiger partial charge in [0.1, 0.15) is 0 Å². The summed E-state index contributed by atoms with van der Waals surface area (Å²) < 4.78 is 10.6. The maximum atomic E-state index is 9.27. The summed E-state index contributed by atoms with van der Waals surface area (Å²) in [6, 6.07) is 0. The van der Waals surface area contributed by atoms with Crippen LogP contribution < -0.4 is 12.4 Å². The summed E-state index contributed by atoms with van der Waals surface area (Å²) in [5.41, 5.74) is -0.408. The Morgan fingerprint density at radius 3 is 1.20 bits per heavy atom. The molecule has 0 amide bonds. The zero-order chi connectivity index (χ0) is 18.9. The fourth-order valence-corrected chi connectivity index (χ4v) is 4.84. The summed E-state index contributed by atoms with van der Waals surface area (Å²) in [6.45, 7) is 18.7. The Hall–Kier alpha value is 0.927. The van der Waals surface area contributed by atoms with Gasteiger partial charge < -0.3 is 30.9 Å². The van der Waals surface area contributed by atoms with Crippen LogP contribution in [0.15, 0.2) is 18.2 Å². The number of hydrogen-bond acceptors (Lipinski definition) is 4. The second kappa shape index (κ2) is 14.0. The van der Waals surface area contributed by atoms with Crippen molar-refractivity contribution in [1.82, 2.24) is 0 Å². The Kier molecular flexibility index (Phi) is 18.8. The van der Waals surface area contributed by atoms with E-state index in [1.54, 1.807) is 26.2 Å². The van der Waals surface area contributed by atoms with E-state index in [0.29, 0.717) is 0 Å². The molecule has 0 aromatic heterocycles. The second-order valence-corrected chi connectivity index (χ2v) is 14.5. The predicted molar refractivity (Wildman–Crippen MR) is 103 cm³/mol. The first kappa shape index (κ1) is 33.5. The molecule has 8 heteroatoms. The largest absolute Gasteiger partial charge is 2.00 e. The molecule has 0 bridgehead atoms. The quantitative estimate of drug-likeness (QED) is 0.455. The molecule has 1 aliphatic carbocycles. The molecule has 0 aliphatic heterocycles. The molecule has 0 heterocycles. The van der Waals surface area contributed by atoms with Crippen LogP contribution in [0.3, 0.4) is 0 Å². The molecule has 4 nitrogen and oxygen atoms in total. The molecule has 0 aromatic carbocycles. The van der Waals surface area contributed by atoms with Crippen LogP contribution in [0.1, 0.15) is 48.0 Å². The second-order valence-electron chi connectivity index (χ2n) is 8.33. The predicted octanol–water partition coefficient (Wildman–Crippen LogP) is 1.30. The van der Waals surface area contributed by atoms with E-state index in [9.17, 15) is 9.59 Å². The van der Waals surface area contributed by atoms with Crippen LogP contribution >= 0.6 is 0 Å². The van der Waals surface area contributed by atoms with Crippen LogP contribution in [-0.4, -0.2) is 37.9 Å². The van der Waals surface area contributed by atoms with E-state index < -0.39 is 17.1 Å². The molecule has 2 N–H and O–H groups in total. The Balaban J connectivity index is -0.000000131. The van der Waals surface area contributed by atoms with Gasteiger partial charge in [-0.05, 0) is 67.7 Å². The van der Waals surface area contributed by atoms with Crippen molar-refractivity contribution >= 4 is 17.1 Å². The molecule has 148 valence electrons. The van der Waals surface area contributed by atoms with E-state index in [4.69, 9.17) is 8.85 Å². The van der Waals surface area contributed by atoms with Crippen molar-refractivity contribution in [2.75, 3.05) is 0 Å². The van der Waals surface area contributed by atoms with Crippen molar-refractivity contribution in [3.05, 3.63) is 24.3 Å². The standard InChI is InChI=1S/2C6H16O2Si.C5H5.ClH.Zr/c2*1-6(2,3)8-9(4,5)7;1-2-4-5-3-1;;/h2*7H,1-5H3;1-3H,4H2;1H;/q;;-1;;+2/p-1. The first-order valence-electron chi connectivity index (χ1n) is 7.98. The molecule has 0 saturated heterocycles. The number of hydrogen-bond donors (Lipinski definition) is 2. The fraction of sp³-hybridized carbons (Fsp3) is 0.765. The minimum absolute atomic E-state index is 0. The van der Waals surface area contributed by atoms with Gasteiger partial charge in [-0.3, -0.25) is 6.08 Å². The number of halogens is 1. The zero-order valence-electron chi connectivity index (χ0n) is 17.5. The van der Waals surface area contributed by atoms with Crippen molar-refractivity contribution in [2.24, 2.45) is 0 Å². The molecule has 0 saturated carbocycles. The summed E-state index contributed by atoms with van der Waals surface area (Å²) in [5.74, 6) is 0. The maximum Gasteiger partial charge on any atom is 2.00 e. The van der Waals surface area contributed by atoms with E-state index in [-0.39, 0.29) is 49.8 Å². The Morgan fingerprint density at radius 1 is 0.840 bits per heavy atom. The number of rotatable bonds is 2. The van der Waals surface area contributed by atoms with E-state index in [0.717, 1.165) is 6.42 Å². The summed E-state index contributed by atoms with van der Waals surface area (Å²) in [6.07, 6.45) is 10.0. The van der Waals surface area contributed by atoms with Crippen LogP contribution in [0.4, 0.5) is 0 Å². The van der Waals surface area contributed by atoms with E-state index in [1.165, 1.54) is 0 Å². The van der Waals surface area contributed by atoms with Gasteiger partial charge in [0, 0.05) is 0 Å². The summed E-state index contributed by atoms with van der Waals surface area (Å²) in [5, 5.41) is 0.